The molecule has 5 rings (SSSR count). The Morgan fingerprint density at radius 2 is 1.87 bits per heavy atom. The average molecular weight is 514 g/mol. The number of anilines is 3. The number of piperazine rings is 1. The highest BCUT2D eigenvalue weighted by atomic mass is 16.5. The number of aromatic nitrogens is 2. The van der Waals surface area contributed by atoms with Gasteiger partial charge in [0.15, 0.2) is 0 Å². The average Bonchev–Trinajstić information content (AvgIpc) is 2.96. The number of fused-ring (bicyclic) bond motifs is 1. The molecule has 0 spiro atoms. The van der Waals surface area contributed by atoms with Gasteiger partial charge in [-0.2, -0.15) is 0 Å². The quantitative estimate of drug-likeness (QED) is 0.352. The molecule has 1 atom stereocenters. The third-order valence-corrected chi connectivity index (χ3v) is 7.17. The Bertz CT molecular complexity index is 1250. The summed E-state index contributed by atoms with van der Waals surface area (Å²) in [6, 6.07) is 13.6. The molecule has 0 bridgehead atoms. The summed E-state index contributed by atoms with van der Waals surface area (Å²) in [6.45, 7) is 7.25. The lowest BCUT2D eigenvalue weighted by atomic mass is 9.97. The van der Waals surface area contributed by atoms with Gasteiger partial charge in [0.05, 0.1) is 12.3 Å². The molecule has 3 aromatic rings. The minimum absolute atomic E-state index is 0.458. The van der Waals surface area contributed by atoms with Gasteiger partial charge in [-0.25, -0.2) is 9.97 Å². The van der Waals surface area contributed by atoms with Gasteiger partial charge in [0.1, 0.15) is 24.0 Å². The minimum atomic E-state index is -0.474. The third kappa shape index (κ3) is 6.19. The van der Waals surface area contributed by atoms with Crippen LogP contribution in [0, 0.1) is 0 Å². The Morgan fingerprint density at radius 1 is 1.11 bits per heavy atom. The number of carbonyl (C=O) groups excluding carboxylic acids is 1. The molecule has 0 saturated carbocycles. The van der Waals surface area contributed by atoms with Gasteiger partial charge < -0.3 is 30.8 Å². The van der Waals surface area contributed by atoms with Crippen molar-refractivity contribution in [1.29, 1.82) is 0 Å². The molecule has 198 valence electrons. The van der Waals surface area contributed by atoms with Gasteiger partial charge in [-0.3, -0.25) is 4.90 Å². The Hall–Kier alpha value is -3.79. The number of benzene rings is 1. The van der Waals surface area contributed by atoms with Crippen LogP contribution in [-0.2, 0) is 16.0 Å². The maximum atomic E-state index is 11.8. The number of nitrogen functional groups attached to an aromatic ring is 1. The Labute approximate surface area is 223 Å². The molecule has 1 aromatic carbocycles. The molecule has 2 aliphatic heterocycles. The number of nitrogens with one attached hydrogen (secondary N) is 2. The summed E-state index contributed by atoms with van der Waals surface area (Å²) >= 11 is 0. The molecule has 0 aliphatic carbocycles. The van der Waals surface area contributed by atoms with Gasteiger partial charge in [-0.15, -0.1) is 0 Å². The van der Waals surface area contributed by atoms with E-state index in [2.05, 4.69) is 49.7 Å². The molecule has 9 nitrogen and oxygen atoms in total. The van der Waals surface area contributed by atoms with Crippen molar-refractivity contribution in [3.8, 4) is 11.3 Å². The molecule has 38 heavy (non-hydrogen) atoms. The van der Waals surface area contributed by atoms with E-state index >= 15 is 0 Å². The van der Waals surface area contributed by atoms with E-state index in [1.54, 1.807) is 25.6 Å². The number of hydrogen-bond donors (Lipinski definition) is 3. The highest BCUT2D eigenvalue weighted by molar-refractivity contribution is 5.80. The van der Waals surface area contributed by atoms with Crippen LogP contribution in [0.3, 0.4) is 0 Å². The highest BCUT2D eigenvalue weighted by Crippen LogP contribution is 2.34. The molecule has 2 aromatic heterocycles. The van der Waals surface area contributed by atoms with Crippen LogP contribution in [0.4, 0.5) is 17.3 Å². The third-order valence-electron chi connectivity index (χ3n) is 7.17. The number of aldehydes is 1. The van der Waals surface area contributed by atoms with E-state index in [4.69, 9.17) is 15.5 Å². The Kier molecular flexibility index (Phi) is 8.28. The molecule has 4 heterocycles. The summed E-state index contributed by atoms with van der Waals surface area (Å²) in [5.74, 6) is 1.10. The topological polar surface area (TPSA) is 109 Å². The van der Waals surface area contributed by atoms with Crippen LogP contribution in [0.25, 0.3) is 17.3 Å². The first-order valence-corrected chi connectivity index (χ1v) is 13.1. The summed E-state index contributed by atoms with van der Waals surface area (Å²) in [5.41, 5.74) is 11.4. The Morgan fingerprint density at radius 3 is 2.55 bits per heavy atom. The molecule has 9 heteroatoms. The van der Waals surface area contributed by atoms with E-state index in [1.165, 1.54) is 5.56 Å². The molecular weight excluding hydrogens is 478 g/mol. The van der Waals surface area contributed by atoms with Crippen molar-refractivity contribution in [1.82, 2.24) is 25.1 Å². The van der Waals surface area contributed by atoms with Crippen LogP contribution in [0.5, 0.6) is 0 Å². The fourth-order valence-corrected chi connectivity index (χ4v) is 4.91. The number of nitrogens with zero attached hydrogens (tertiary/aromatic N) is 4. The van der Waals surface area contributed by atoms with E-state index in [9.17, 15) is 4.79 Å². The van der Waals surface area contributed by atoms with Crippen LogP contribution in [0.15, 0.2) is 54.9 Å². The number of methoxy groups -OCH3 is 1. The van der Waals surface area contributed by atoms with Gasteiger partial charge in [0.25, 0.3) is 0 Å². The molecule has 1 fully saturated rings. The molecular formula is C29H35N7O2. The predicted octanol–water partition coefficient (Wildman–Crippen LogP) is 3.09. The summed E-state index contributed by atoms with van der Waals surface area (Å²) in [6.07, 6.45) is 7.37. The lowest BCUT2D eigenvalue weighted by molar-refractivity contribution is -0.109. The van der Waals surface area contributed by atoms with E-state index in [1.807, 2.05) is 18.2 Å². The van der Waals surface area contributed by atoms with Crippen LogP contribution in [0.2, 0.25) is 0 Å². The first-order valence-electron chi connectivity index (χ1n) is 13.1. The van der Waals surface area contributed by atoms with Crippen molar-refractivity contribution >= 4 is 29.7 Å². The van der Waals surface area contributed by atoms with Crippen molar-refractivity contribution in [2.24, 2.45) is 0 Å². The minimum Gasteiger partial charge on any atom is -0.384 e. The van der Waals surface area contributed by atoms with Crippen molar-refractivity contribution in [3.05, 3.63) is 71.6 Å². The molecule has 0 amide bonds. The number of nitrogens with two attached hydrogens (primary N) is 1. The van der Waals surface area contributed by atoms with Gasteiger partial charge >= 0.3 is 0 Å². The fraction of sp³-hybridized carbons (Fsp3) is 0.345. The fourth-order valence-electron chi connectivity index (χ4n) is 4.91. The molecule has 0 radical (unpaired) electrons. The molecule has 2 aliphatic rings. The highest BCUT2D eigenvalue weighted by Gasteiger charge is 2.23. The van der Waals surface area contributed by atoms with E-state index < -0.39 is 6.04 Å². The van der Waals surface area contributed by atoms with Crippen molar-refractivity contribution in [3.63, 3.8) is 0 Å². The van der Waals surface area contributed by atoms with Crippen LogP contribution in [0.1, 0.15) is 22.7 Å². The maximum absolute atomic E-state index is 11.8. The standard InChI is InChI=1S/C29H35N7O2/c1-38-17-16-36-14-12-35(13-15-36)11-9-21-2-5-24(6-3-21)33-29-28-22(8-10-31-26(28)20-37)18-25(34-29)23-4-7-27(30)32-19-23/h2-8,10,18-20,26,31H,9,11-17H2,1H3,(H2,30,32)(H,33,34). The smallest absolute Gasteiger partial charge is 0.146 e. The second-order valence-electron chi connectivity index (χ2n) is 9.69. The number of pyridine rings is 2. The van der Waals surface area contributed by atoms with Crippen LogP contribution in [-0.4, -0.2) is 79.0 Å². The number of ether oxygens (including phenoxy) is 1. The first-order chi connectivity index (χ1) is 18.6. The van der Waals surface area contributed by atoms with Gasteiger partial charge in [0, 0.05) is 69.4 Å². The first kappa shape index (κ1) is 25.8. The van der Waals surface area contributed by atoms with Crippen molar-refractivity contribution < 1.29 is 9.53 Å². The normalized spacial score (nSPS) is 17.6. The summed E-state index contributed by atoms with van der Waals surface area (Å²) in [5, 5.41) is 6.57. The van der Waals surface area contributed by atoms with E-state index in [0.29, 0.717) is 11.6 Å². The van der Waals surface area contributed by atoms with Crippen molar-refractivity contribution in [2.45, 2.75) is 12.5 Å². The van der Waals surface area contributed by atoms with Crippen LogP contribution < -0.4 is 16.4 Å². The molecule has 1 saturated heterocycles. The van der Waals surface area contributed by atoms with E-state index in [-0.39, 0.29) is 0 Å². The van der Waals surface area contributed by atoms with Gasteiger partial charge in [-0.1, -0.05) is 12.1 Å². The summed E-state index contributed by atoms with van der Waals surface area (Å²) in [4.78, 5) is 25.9. The van der Waals surface area contributed by atoms with Crippen molar-refractivity contribution in [2.75, 3.05) is 64.0 Å². The lowest BCUT2D eigenvalue weighted by Gasteiger charge is -2.34. The SMILES string of the molecule is COCCN1CCN(CCc2ccc(Nc3nc(-c4ccc(N)nc4)cc4c3C(C=O)NC=C4)cc2)CC1. The lowest BCUT2D eigenvalue weighted by Crippen LogP contribution is -2.47. The molecule has 1 unspecified atom stereocenters. The zero-order valence-corrected chi connectivity index (χ0v) is 21.8. The maximum Gasteiger partial charge on any atom is 0.146 e. The van der Waals surface area contributed by atoms with E-state index in [0.717, 1.165) is 86.7 Å². The zero-order chi connectivity index (χ0) is 26.3. The zero-order valence-electron chi connectivity index (χ0n) is 21.8. The largest absolute Gasteiger partial charge is 0.384 e. The number of rotatable bonds is 10. The van der Waals surface area contributed by atoms with Gasteiger partial charge in [-0.05, 0) is 60.2 Å². The number of hydrogen-bond acceptors (Lipinski definition) is 9. The molecule has 4 N–H and O–H groups in total. The second-order valence-corrected chi connectivity index (χ2v) is 9.69. The van der Waals surface area contributed by atoms with Crippen LogP contribution >= 0.6 is 0 Å². The second kappa shape index (κ2) is 12.2. The summed E-state index contributed by atoms with van der Waals surface area (Å²) < 4.78 is 5.20. The number of carbonyl (C=O) groups is 1. The summed E-state index contributed by atoms with van der Waals surface area (Å²) in [7, 11) is 1.76. The van der Waals surface area contributed by atoms with Gasteiger partial charge in [0.2, 0.25) is 0 Å². The predicted molar refractivity (Wildman–Crippen MR) is 151 cm³/mol. The monoisotopic (exact) mass is 513 g/mol. The Balaban J connectivity index is 1.27.